The average molecular weight is 508 g/mol. The quantitative estimate of drug-likeness (QED) is 0.436. The first kappa shape index (κ1) is 25.3. The number of Topliss-reactive ketones (excluding diaryl/α,β-unsaturated/α-hetero) is 1. The smallest absolute Gasteiger partial charge is 0.338 e. The Bertz CT molecular complexity index is 1240. The number of nitrogens with zero attached hydrogens (tertiary/aromatic N) is 5. The second-order valence-electron chi connectivity index (χ2n) is 9.00. The predicted octanol–water partition coefficient (Wildman–Crippen LogP) is 3.99. The highest BCUT2D eigenvalue weighted by molar-refractivity contribution is 7.21. The Morgan fingerprint density at radius 3 is 2.63 bits per heavy atom. The minimum absolute atomic E-state index is 0.0523. The maximum Gasteiger partial charge on any atom is 0.449 e. The van der Waals surface area contributed by atoms with E-state index in [1.54, 1.807) is 0 Å². The van der Waals surface area contributed by atoms with Crippen LogP contribution in [0.4, 0.5) is 18.3 Å². The SMILES string of the molecule is CN(C)CCCn1c(C(F)(F)F)nc2sc(N3CCC[C@@H]3C(=O)CCc3ccccc3)nc2c1=O. The summed E-state index contributed by atoms with van der Waals surface area (Å²) in [5.74, 6) is -1.14. The van der Waals surface area contributed by atoms with Gasteiger partial charge >= 0.3 is 6.18 Å². The molecular weight excluding hydrogens is 479 g/mol. The van der Waals surface area contributed by atoms with Gasteiger partial charge < -0.3 is 9.80 Å². The van der Waals surface area contributed by atoms with E-state index < -0.39 is 23.6 Å². The van der Waals surface area contributed by atoms with Crippen LogP contribution in [0.2, 0.25) is 0 Å². The lowest BCUT2D eigenvalue weighted by Gasteiger charge is -2.22. The highest BCUT2D eigenvalue weighted by Gasteiger charge is 2.38. The summed E-state index contributed by atoms with van der Waals surface area (Å²) in [6.45, 7) is 0.987. The van der Waals surface area contributed by atoms with Crippen LogP contribution in [0.15, 0.2) is 35.1 Å². The fraction of sp³-hybridized carbons (Fsp3) is 0.500. The third-order valence-corrected chi connectivity index (χ3v) is 7.11. The summed E-state index contributed by atoms with van der Waals surface area (Å²) in [5, 5.41) is 0.374. The number of aromatic nitrogens is 3. The third-order valence-electron chi connectivity index (χ3n) is 6.12. The van der Waals surface area contributed by atoms with Gasteiger partial charge in [0.1, 0.15) is 0 Å². The highest BCUT2D eigenvalue weighted by Crippen LogP contribution is 2.34. The molecular formula is C24H28F3N5O2S. The number of halogens is 3. The first-order valence-corrected chi connectivity index (χ1v) is 12.4. The van der Waals surface area contributed by atoms with Crippen molar-refractivity contribution < 1.29 is 18.0 Å². The summed E-state index contributed by atoms with van der Waals surface area (Å²) < 4.78 is 41.9. The first-order valence-electron chi connectivity index (χ1n) is 11.6. The van der Waals surface area contributed by atoms with E-state index in [-0.39, 0.29) is 22.7 Å². The van der Waals surface area contributed by atoms with Crippen LogP contribution in [0.1, 0.15) is 37.1 Å². The number of benzene rings is 1. The molecule has 3 heterocycles. The van der Waals surface area contributed by atoms with Crippen molar-refractivity contribution in [3.63, 3.8) is 0 Å². The predicted molar refractivity (Wildman–Crippen MR) is 130 cm³/mol. The van der Waals surface area contributed by atoms with Gasteiger partial charge in [0.05, 0.1) is 6.04 Å². The molecule has 0 aliphatic carbocycles. The molecule has 1 saturated heterocycles. The molecule has 11 heteroatoms. The van der Waals surface area contributed by atoms with Crippen molar-refractivity contribution in [2.24, 2.45) is 0 Å². The van der Waals surface area contributed by atoms with E-state index in [9.17, 15) is 22.8 Å². The number of rotatable bonds is 9. The van der Waals surface area contributed by atoms with Crippen LogP contribution in [-0.4, -0.2) is 58.4 Å². The standard InChI is InChI=1S/C24H28F3N5O2S/c1-30(2)13-7-15-32-21(34)19-20(29-22(32)24(25,26)27)35-23(28-19)31-14-6-10-17(31)18(33)12-11-16-8-4-3-5-9-16/h3-5,8-9,17H,6-7,10-15H2,1-2H3/t17-/m1/s1. The molecule has 0 spiro atoms. The lowest BCUT2D eigenvalue weighted by molar-refractivity contribution is -0.148. The molecule has 188 valence electrons. The normalized spacial score (nSPS) is 16.5. The topological polar surface area (TPSA) is 71.3 Å². The molecule has 35 heavy (non-hydrogen) atoms. The van der Waals surface area contributed by atoms with Crippen LogP contribution in [-0.2, 0) is 23.9 Å². The van der Waals surface area contributed by atoms with Crippen molar-refractivity contribution in [3.8, 4) is 0 Å². The van der Waals surface area contributed by atoms with Crippen molar-refractivity contribution in [1.82, 2.24) is 19.4 Å². The largest absolute Gasteiger partial charge is 0.449 e. The Kier molecular flexibility index (Phi) is 7.56. The van der Waals surface area contributed by atoms with E-state index in [1.807, 2.05) is 54.2 Å². The van der Waals surface area contributed by atoms with Crippen LogP contribution in [0, 0.1) is 0 Å². The van der Waals surface area contributed by atoms with E-state index in [0.29, 0.717) is 48.5 Å². The molecule has 0 radical (unpaired) electrons. The zero-order chi connectivity index (χ0) is 25.2. The van der Waals surface area contributed by atoms with Crippen LogP contribution in [0.3, 0.4) is 0 Å². The van der Waals surface area contributed by atoms with Gasteiger partial charge in [0.2, 0.25) is 5.82 Å². The summed E-state index contributed by atoms with van der Waals surface area (Å²) in [6.07, 6.45) is -1.99. The Labute approximate surface area is 205 Å². The number of carbonyl (C=O) groups excluding carboxylic acids is 1. The molecule has 4 rings (SSSR count). The maximum absolute atomic E-state index is 13.7. The number of thiazole rings is 1. The fourth-order valence-corrected chi connectivity index (χ4v) is 5.41. The zero-order valence-electron chi connectivity index (χ0n) is 19.7. The van der Waals surface area contributed by atoms with Crippen LogP contribution >= 0.6 is 11.3 Å². The van der Waals surface area contributed by atoms with E-state index in [0.717, 1.165) is 23.3 Å². The molecule has 0 N–H and O–H groups in total. The summed E-state index contributed by atoms with van der Waals surface area (Å²) in [5.41, 5.74) is 0.198. The molecule has 1 aliphatic heterocycles. The van der Waals surface area contributed by atoms with Crippen molar-refractivity contribution in [2.75, 3.05) is 32.1 Å². The van der Waals surface area contributed by atoms with Gasteiger partial charge in [-0.3, -0.25) is 14.2 Å². The third kappa shape index (κ3) is 5.72. The monoisotopic (exact) mass is 507 g/mol. The summed E-state index contributed by atoms with van der Waals surface area (Å²) >= 11 is 0.942. The number of ketones is 1. The molecule has 0 unspecified atom stereocenters. The van der Waals surface area contributed by atoms with Gasteiger partial charge in [-0.25, -0.2) is 9.97 Å². The number of aryl methyl sites for hydroxylation is 1. The van der Waals surface area contributed by atoms with Crippen molar-refractivity contribution in [2.45, 2.75) is 50.9 Å². The van der Waals surface area contributed by atoms with Crippen LogP contribution in [0.5, 0.6) is 0 Å². The van der Waals surface area contributed by atoms with Gasteiger partial charge in [-0.2, -0.15) is 13.2 Å². The Hall–Kier alpha value is -2.79. The molecule has 1 atom stereocenters. The van der Waals surface area contributed by atoms with E-state index in [4.69, 9.17) is 0 Å². The molecule has 2 aromatic heterocycles. The van der Waals surface area contributed by atoms with Gasteiger partial charge in [-0.05, 0) is 51.9 Å². The zero-order valence-corrected chi connectivity index (χ0v) is 20.5. The summed E-state index contributed by atoms with van der Waals surface area (Å²) in [7, 11) is 3.63. The molecule has 0 bridgehead atoms. The van der Waals surface area contributed by atoms with Crippen molar-refractivity contribution in [3.05, 3.63) is 52.1 Å². The van der Waals surface area contributed by atoms with Crippen molar-refractivity contribution in [1.29, 1.82) is 0 Å². The van der Waals surface area contributed by atoms with Gasteiger partial charge in [0.15, 0.2) is 21.3 Å². The van der Waals surface area contributed by atoms with Gasteiger partial charge in [0.25, 0.3) is 5.56 Å². The second kappa shape index (κ2) is 10.4. The first-order chi connectivity index (χ1) is 16.6. The molecule has 0 amide bonds. The Morgan fingerprint density at radius 2 is 1.94 bits per heavy atom. The van der Waals surface area contributed by atoms with E-state index in [1.165, 1.54) is 0 Å². The number of hydrogen-bond acceptors (Lipinski definition) is 7. The van der Waals surface area contributed by atoms with Crippen molar-refractivity contribution >= 4 is 32.6 Å². The number of fused-ring (bicyclic) bond motifs is 1. The molecule has 7 nitrogen and oxygen atoms in total. The summed E-state index contributed by atoms with van der Waals surface area (Å²) in [4.78, 5) is 37.9. The Morgan fingerprint density at radius 1 is 1.20 bits per heavy atom. The molecule has 1 aliphatic rings. The van der Waals surface area contributed by atoms with E-state index in [2.05, 4.69) is 9.97 Å². The lowest BCUT2D eigenvalue weighted by Crippen LogP contribution is -2.36. The van der Waals surface area contributed by atoms with Gasteiger partial charge in [0, 0.05) is 19.5 Å². The lowest BCUT2D eigenvalue weighted by atomic mass is 10.0. The molecule has 0 saturated carbocycles. The molecule has 1 aromatic carbocycles. The summed E-state index contributed by atoms with van der Waals surface area (Å²) in [6, 6.07) is 9.33. The van der Waals surface area contributed by atoms with E-state index >= 15 is 0 Å². The average Bonchev–Trinajstić information content (AvgIpc) is 3.46. The number of carbonyl (C=O) groups is 1. The van der Waals surface area contributed by atoms with Gasteiger partial charge in [-0.1, -0.05) is 41.7 Å². The number of anilines is 1. The maximum atomic E-state index is 13.7. The minimum atomic E-state index is -4.76. The Balaban J connectivity index is 1.61. The number of hydrogen-bond donors (Lipinski definition) is 0. The second-order valence-corrected chi connectivity index (χ2v) is 9.96. The minimum Gasteiger partial charge on any atom is -0.338 e. The van der Waals surface area contributed by atoms with Crippen LogP contribution < -0.4 is 10.5 Å². The number of alkyl halides is 3. The highest BCUT2D eigenvalue weighted by atomic mass is 32.1. The molecule has 3 aromatic rings. The molecule has 1 fully saturated rings. The fourth-order valence-electron chi connectivity index (χ4n) is 4.40. The van der Waals surface area contributed by atoms with Gasteiger partial charge in [-0.15, -0.1) is 0 Å². The van der Waals surface area contributed by atoms with Crippen LogP contribution in [0.25, 0.3) is 10.3 Å².